The summed E-state index contributed by atoms with van der Waals surface area (Å²) in [5, 5.41) is 8.03. The van der Waals surface area contributed by atoms with Crippen molar-refractivity contribution >= 4 is 10.0 Å². The molecule has 1 aliphatic carbocycles. The fourth-order valence-electron chi connectivity index (χ4n) is 2.52. The first-order valence-electron chi connectivity index (χ1n) is 6.61. The first-order valence-corrected chi connectivity index (χ1v) is 8.11. The second-order valence-electron chi connectivity index (χ2n) is 5.98. The van der Waals surface area contributed by atoms with Crippen molar-refractivity contribution in [3.63, 3.8) is 0 Å². The average molecular weight is 272 g/mol. The molecule has 1 atom stereocenters. The Hall–Kier alpha value is -0.600. The summed E-state index contributed by atoms with van der Waals surface area (Å²) in [6, 6.07) is 1.96. The summed E-state index contributed by atoms with van der Waals surface area (Å²) in [5.41, 5.74) is 0.320. The lowest BCUT2D eigenvalue weighted by Crippen LogP contribution is -2.44. The number of hydrogen-bond donors (Lipinski definition) is 0. The molecule has 1 saturated carbocycles. The lowest BCUT2D eigenvalue weighted by atomic mass is 9.76. The van der Waals surface area contributed by atoms with Crippen molar-refractivity contribution in [1.82, 2.24) is 4.31 Å². The fraction of sp³-hybridized carbons (Fsp3) is 0.923. The van der Waals surface area contributed by atoms with E-state index in [1.807, 2.05) is 6.07 Å². The van der Waals surface area contributed by atoms with Crippen molar-refractivity contribution < 1.29 is 8.42 Å². The highest BCUT2D eigenvalue weighted by Gasteiger charge is 2.36. The highest BCUT2D eigenvalue weighted by molar-refractivity contribution is 7.90. The molecule has 0 N–H and O–H groups in total. The standard InChI is InChI=1S/C13H24N2O2S/c1-5-12(10-14)18(16,17)15(4)11-6-8-13(2,3)9-7-11/h11-12H,5-9H2,1-4H3. The molecule has 0 aromatic heterocycles. The van der Waals surface area contributed by atoms with Crippen molar-refractivity contribution in [3.8, 4) is 6.07 Å². The Morgan fingerprint density at radius 1 is 1.39 bits per heavy atom. The van der Waals surface area contributed by atoms with Crippen LogP contribution in [-0.2, 0) is 10.0 Å². The maximum Gasteiger partial charge on any atom is 0.230 e. The van der Waals surface area contributed by atoms with Gasteiger partial charge in [-0.05, 0) is 37.5 Å². The molecule has 104 valence electrons. The van der Waals surface area contributed by atoms with Crippen LogP contribution in [0.4, 0.5) is 0 Å². The average Bonchev–Trinajstić information content (AvgIpc) is 2.29. The van der Waals surface area contributed by atoms with Gasteiger partial charge in [-0.25, -0.2) is 12.7 Å². The second-order valence-corrected chi connectivity index (χ2v) is 8.16. The zero-order chi connectivity index (χ0) is 14.0. The van der Waals surface area contributed by atoms with Gasteiger partial charge in [0.05, 0.1) is 6.07 Å². The van der Waals surface area contributed by atoms with E-state index in [9.17, 15) is 8.42 Å². The molecule has 4 nitrogen and oxygen atoms in total. The van der Waals surface area contributed by atoms with Crippen molar-refractivity contribution in [2.24, 2.45) is 5.41 Å². The van der Waals surface area contributed by atoms with E-state index in [-0.39, 0.29) is 6.04 Å². The summed E-state index contributed by atoms with van der Waals surface area (Å²) in [6.45, 7) is 6.19. The van der Waals surface area contributed by atoms with Crippen LogP contribution < -0.4 is 0 Å². The summed E-state index contributed by atoms with van der Waals surface area (Å²) >= 11 is 0. The third-order valence-corrected chi connectivity index (χ3v) is 6.36. The second kappa shape index (κ2) is 5.58. The van der Waals surface area contributed by atoms with Crippen LogP contribution in [0.2, 0.25) is 0 Å². The zero-order valence-electron chi connectivity index (χ0n) is 11.8. The van der Waals surface area contributed by atoms with E-state index in [1.165, 1.54) is 4.31 Å². The van der Waals surface area contributed by atoms with Gasteiger partial charge in [0.25, 0.3) is 0 Å². The van der Waals surface area contributed by atoms with Crippen molar-refractivity contribution in [3.05, 3.63) is 0 Å². The Bertz CT molecular complexity index is 413. The van der Waals surface area contributed by atoms with Gasteiger partial charge in [-0.15, -0.1) is 0 Å². The van der Waals surface area contributed by atoms with Gasteiger partial charge in [-0.2, -0.15) is 5.26 Å². The minimum absolute atomic E-state index is 0.0606. The molecule has 0 spiro atoms. The molecule has 1 unspecified atom stereocenters. The number of nitriles is 1. The smallest absolute Gasteiger partial charge is 0.211 e. The minimum Gasteiger partial charge on any atom is -0.211 e. The van der Waals surface area contributed by atoms with Gasteiger partial charge in [0.1, 0.15) is 0 Å². The van der Waals surface area contributed by atoms with Gasteiger partial charge in [0, 0.05) is 13.1 Å². The van der Waals surface area contributed by atoms with E-state index in [4.69, 9.17) is 5.26 Å². The van der Waals surface area contributed by atoms with Gasteiger partial charge < -0.3 is 0 Å². The van der Waals surface area contributed by atoms with E-state index in [1.54, 1.807) is 14.0 Å². The van der Waals surface area contributed by atoms with Crippen LogP contribution in [0.5, 0.6) is 0 Å². The topological polar surface area (TPSA) is 61.2 Å². The van der Waals surface area contributed by atoms with Crippen LogP contribution in [0.3, 0.4) is 0 Å². The van der Waals surface area contributed by atoms with Gasteiger partial charge >= 0.3 is 0 Å². The molecule has 1 fully saturated rings. The van der Waals surface area contributed by atoms with Crippen molar-refractivity contribution in [2.45, 2.75) is 64.2 Å². The largest absolute Gasteiger partial charge is 0.230 e. The fourth-order valence-corrected chi connectivity index (χ4v) is 4.11. The van der Waals surface area contributed by atoms with Crippen LogP contribution in [0.25, 0.3) is 0 Å². The Kier molecular flexibility index (Phi) is 4.79. The SMILES string of the molecule is CCC(C#N)S(=O)(=O)N(C)C1CCC(C)(C)CC1. The number of nitrogens with zero attached hydrogens (tertiary/aromatic N) is 2. The lowest BCUT2D eigenvalue weighted by molar-refractivity contribution is 0.173. The maximum absolute atomic E-state index is 12.3. The highest BCUT2D eigenvalue weighted by atomic mass is 32.2. The van der Waals surface area contributed by atoms with Gasteiger partial charge in [0.2, 0.25) is 10.0 Å². The summed E-state index contributed by atoms with van der Waals surface area (Å²) in [4.78, 5) is 0. The van der Waals surface area contributed by atoms with E-state index in [2.05, 4.69) is 13.8 Å². The summed E-state index contributed by atoms with van der Waals surface area (Å²) in [5.74, 6) is 0. The van der Waals surface area contributed by atoms with E-state index < -0.39 is 15.3 Å². The maximum atomic E-state index is 12.3. The first kappa shape index (κ1) is 15.5. The Morgan fingerprint density at radius 2 is 1.89 bits per heavy atom. The third-order valence-electron chi connectivity index (χ3n) is 4.10. The first-order chi connectivity index (χ1) is 8.24. The van der Waals surface area contributed by atoms with E-state index in [0.717, 1.165) is 25.7 Å². The summed E-state index contributed by atoms with van der Waals surface area (Å²) < 4.78 is 26.0. The van der Waals surface area contributed by atoms with Crippen molar-refractivity contribution in [1.29, 1.82) is 5.26 Å². The summed E-state index contributed by atoms with van der Waals surface area (Å²) in [6.07, 6.45) is 4.22. The van der Waals surface area contributed by atoms with Crippen LogP contribution in [0, 0.1) is 16.7 Å². The Labute approximate surface area is 111 Å². The molecule has 0 amide bonds. The molecule has 0 heterocycles. The van der Waals surface area contributed by atoms with Gasteiger partial charge in [-0.1, -0.05) is 20.8 Å². The molecule has 5 heteroatoms. The monoisotopic (exact) mass is 272 g/mol. The lowest BCUT2D eigenvalue weighted by Gasteiger charge is -2.38. The van der Waals surface area contributed by atoms with Crippen LogP contribution >= 0.6 is 0 Å². The molecular formula is C13H24N2O2S. The predicted molar refractivity (Wildman–Crippen MR) is 72.4 cm³/mol. The summed E-state index contributed by atoms with van der Waals surface area (Å²) in [7, 11) is -1.84. The number of hydrogen-bond acceptors (Lipinski definition) is 3. The molecule has 18 heavy (non-hydrogen) atoms. The Balaban J connectivity index is 2.77. The molecule has 0 aromatic carbocycles. The molecule has 1 rings (SSSR count). The quantitative estimate of drug-likeness (QED) is 0.790. The van der Waals surface area contributed by atoms with Crippen molar-refractivity contribution in [2.75, 3.05) is 7.05 Å². The highest BCUT2D eigenvalue weighted by Crippen LogP contribution is 2.37. The van der Waals surface area contributed by atoms with Gasteiger partial charge in [-0.3, -0.25) is 0 Å². The molecule has 0 bridgehead atoms. The van der Waals surface area contributed by atoms with Crippen LogP contribution in [0.1, 0.15) is 52.9 Å². The molecule has 0 radical (unpaired) electrons. The van der Waals surface area contributed by atoms with Crippen LogP contribution in [0.15, 0.2) is 0 Å². The minimum atomic E-state index is -3.47. The Morgan fingerprint density at radius 3 is 2.28 bits per heavy atom. The molecule has 0 aromatic rings. The van der Waals surface area contributed by atoms with E-state index >= 15 is 0 Å². The molecule has 1 aliphatic rings. The predicted octanol–water partition coefficient (Wildman–Crippen LogP) is 2.52. The molecule has 0 aliphatic heterocycles. The van der Waals surface area contributed by atoms with E-state index in [0.29, 0.717) is 11.8 Å². The number of sulfonamides is 1. The van der Waals surface area contributed by atoms with Crippen LogP contribution in [-0.4, -0.2) is 31.1 Å². The molecule has 0 saturated heterocycles. The zero-order valence-corrected chi connectivity index (χ0v) is 12.6. The van der Waals surface area contributed by atoms with Gasteiger partial charge in [0.15, 0.2) is 5.25 Å². The normalized spacial score (nSPS) is 22.7. The number of rotatable bonds is 4. The molecular weight excluding hydrogens is 248 g/mol. The third kappa shape index (κ3) is 3.24.